The van der Waals surface area contributed by atoms with Gasteiger partial charge in [-0.2, -0.15) is 0 Å². The predicted molar refractivity (Wildman–Crippen MR) is 66.2 cm³/mol. The van der Waals surface area contributed by atoms with Crippen LogP contribution in [0.15, 0.2) is 0 Å². The fraction of sp³-hybridized carbons (Fsp3) is 0.917. The van der Waals surface area contributed by atoms with E-state index in [9.17, 15) is 4.79 Å². The van der Waals surface area contributed by atoms with Crippen LogP contribution in [0.25, 0.3) is 0 Å². The van der Waals surface area contributed by atoms with Crippen molar-refractivity contribution in [3.63, 3.8) is 0 Å². The molecule has 1 N–H and O–H groups in total. The maximum Gasteiger partial charge on any atom is 0.223 e. The van der Waals surface area contributed by atoms with Crippen LogP contribution in [0, 0.1) is 11.8 Å². The van der Waals surface area contributed by atoms with Crippen molar-refractivity contribution >= 4 is 17.5 Å². The first-order valence-electron chi connectivity index (χ1n) is 6.03. The highest BCUT2D eigenvalue weighted by Crippen LogP contribution is 2.10. The van der Waals surface area contributed by atoms with Crippen LogP contribution in [0.2, 0.25) is 0 Å². The van der Waals surface area contributed by atoms with Gasteiger partial charge in [-0.3, -0.25) is 4.79 Å². The minimum Gasteiger partial charge on any atom is -0.356 e. The molecule has 0 rings (SSSR count). The third kappa shape index (κ3) is 6.03. The molecule has 0 saturated heterocycles. The zero-order chi connectivity index (χ0) is 11.7. The molecule has 0 spiro atoms. The Morgan fingerprint density at radius 1 is 1.20 bits per heavy atom. The lowest BCUT2D eigenvalue weighted by Gasteiger charge is -2.17. The first-order chi connectivity index (χ1) is 7.19. The summed E-state index contributed by atoms with van der Waals surface area (Å²) in [6, 6.07) is 0. The number of rotatable bonds is 8. The SMILES string of the molecule is CCC(CCCl)CNC(=O)C(CC)CC. The Morgan fingerprint density at radius 3 is 2.20 bits per heavy atom. The van der Waals surface area contributed by atoms with E-state index in [1.54, 1.807) is 0 Å². The topological polar surface area (TPSA) is 29.1 Å². The molecule has 1 unspecified atom stereocenters. The normalized spacial score (nSPS) is 12.9. The van der Waals surface area contributed by atoms with Crippen molar-refractivity contribution in [2.45, 2.75) is 46.5 Å². The van der Waals surface area contributed by atoms with Crippen molar-refractivity contribution in [2.24, 2.45) is 11.8 Å². The Bertz CT molecular complexity index is 169. The molecule has 0 aliphatic carbocycles. The molecule has 0 radical (unpaired) electrons. The third-order valence-corrected chi connectivity index (χ3v) is 3.23. The summed E-state index contributed by atoms with van der Waals surface area (Å²) in [5.41, 5.74) is 0. The zero-order valence-corrected chi connectivity index (χ0v) is 10.9. The van der Waals surface area contributed by atoms with E-state index >= 15 is 0 Å². The molecule has 90 valence electrons. The monoisotopic (exact) mass is 233 g/mol. The Hall–Kier alpha value is -0.240. The number of alkyl halides is 1. The number of hydrogen-bond donors (Lipinski definition) is 1. The average molecular weight is 234 g/mol. The molecule has 0 heterocycles. The molecule has 1 amide bonds. The van der Waals surface area contributed by atoms with Crippen LogP contribution in [-0.4, -0.2) is 18.3 Å². The van der Waals surface area contributed by atoms with Crippen LogP contribution in [0.3, 0.4) is 0 Å². The molecule has 3 heteroatoms. The van der Waals surface area contributed by atoms with Crippen molar-refractivity contribution in [1.29, 1.82) is 0 Å². The maximum absolute atomic E-state index is 11.7. The Morgan fingerprint density at radius 2 is 1.80 bits per heavy atom. The van der Waals surface area contributed by atoms with Gasteiger partial charge in [-0.25, -0.2) is 0 Å². The molecule has 0 fully saturated rings. The Balaban J connectivity index is 3.85. The molecule has 0 aliphatic heterocycles. The Kier molecular flexibility index (Phi) is 8.88. The number of hydrogen-bond acceptors (Lipinski definition) is 1. The van der Waals surface area contributed by atoms with Gasteiger partial charge in [-0.1, -0.05) is 27.2 Å². The van der Waals surface area contributed by atoms with Gasteiger partial charge < -0.3 is 5.32 Å². The van der Waals surface area contributed by atoms with Gasteiger partial charge in [0.25, 0.3) is 0 Å². The summed E-state index contributed by atoms with van der Waals surface area (Å²) < 4.78 is 0. The van der Waals surface area contributed by atoms with Crippen LogP contribution >= 0.6 is 11.6 Å². The molecule has 0 aliphatic rings. The summed E-state index contributed by atoms with van der Waals surface area (Å²) in [7, 11) is 0. The summed E-state index contributed by atoms with van der Waals surface area (Å²) in [5.74, 6) is 1.59. The van der Waals surface area contributed by atoms with E-state index in [4.69, 9.17) is 11.6 Å². The van der Waals surface area contributed by atoms with E-state index in [1.807, 2.05) is 0 Å². The van der Waals surface area contributed by atoms with Crippen LogP contribution in [-0.2, 0) is 4.79 Å². The van der Waals surface area contributed by atoms with E-state index in [-0.39, 0.29) is 11.8 Å². The summed E-state index contributed by atoms with van der Waals surface area (Å²) in [6.07, 6.45) is 3.92. The van der Waals surface area contributed by atoms with Crippen LogP contribution in [0.5, 0.6) is 0 Å². The van der Waals surface area contributed by atoms with Crippen LogP contribution in [0.4, 0.5) is 0 Å². The summed E-state index contributed by atoms with van der Waals surface area (Å²) in [4.78, 5) is 11.7. The van der Waals surface area contributed by atoms with E-state index in [1.165, 1.54) is 0 Å². The second-order valence-electron chi connectivity index (χ2n) is 4.01. The highest BCUT2D eigenvalue weighted by Gasteiger charge is 2.15. The van der Waals surface area contributed by atoms with E-state index in [0.717, 1.165) is 32.2 Å². The molecule has 0 saturated carbocycles. The first-order valence-corrected chi connectivity index (χ1v) is 6.56. The van der Waals surface area contributed by atoms with E-state index in [0.29, 0.717) is 11.8 Å². The van der Waals surface area contributed by atoms with Crippen LogP contribution in [0.1, 0.15) is 46.5 Å². The summed E-state index contributed by atoms with van der Waals surface area (Å²) in [6.45, 7) is 7.03. The zero-order valence-electron chi connectivity index (χ0n) is 10.2. The standard InChI is InChI=1S/C12H24ClNO/c1-4-10(7-8-13)9-14-12(15)11(5-2)6-3/h10-11H,4-9H2,1-3H3,(H,14,15). The lowest BCUT2D eigenvalue weighted by atomic mass is 10.0. The van der Waals surface area contributed by atoms with Gasteiger partial charge in [0.15, 0.2) is 0 Å². The van der Waals surface area contributed by atoms with Gasteiger partial charge in [0, 0.05) is 18.3 Å². The quantitative estimate of drug-likeness (QED) is 0.641. The molecule has 0 aromatic carbocycles. The molecule has 0 aromatic heterocycles. The largest absolute Gasteiger partial charge is 0.356 e. The minimum absolute atomic E-state index is 0.179. The Labute approximate surface area is 98.8 Å². The van der Waals surface area contributed by atoms with Crippen molar-refractivity contribution in [3.8, 4) is 0 Å². The third-order valence-electron chi connectivity index (χ3n) is 3.02. The average Bonchev–Trinajstić information content (AvgIpc) is 2.25. The highest BCUT2D eigenvalue weighted by molar-refractivity contribution is 6.17. The van der Waals surface area contributed by atoms with Gasteiger partial charge in [0.2, 0.25) is 5.91 Å². The second kappa shape index (κ2) is 9.02. The van der Waals surface area contributed by atoms with E-state index in [2.05, 4.69) is 26.1 Å². The summed E-state index contributed by atoms with van der Waals surface area (Å²) in [5, 5.41) is 3.02. The molecule has 15 heavy (non-hydrogen) atoms. The van der Waals surface area contributed by atoms with Crippen LogP contribution < -0.4 is 5.32 Å². The van der Waals surface area contributed by atoms with E-state index < -0.39 is 0 Å². The molecule has 1 atom stereocenters. The number of carbonyl (C=O) groups excluding carboxylic acids is 1. The number of halogens is 1. The molecular formula is C12H24ClNO. The molecule has 0 bridgehead atoms. The summed E-state index contributed by atoms with van der Waals surface area (Å²) >= 11 is 5.69. The van der Waals surface area contributed by atoms with Gasteiger partial charge in [0.05, 0.1) is 0 Å². The first kappa shape index (κ1) is 14.8. The number of amides is 1. The number of nitrogens with one attached hydrogen (secondary N) is 1. The lowest BCUT2D eigenvalue weighted by molar-refractivity contribution is -0.125. The van der Waals surface area contributed by atoms with Gasteiger partial charge in [-0.05, 0) is 25.2 Å². The fourth-order valence-electron chi connectivity index (χ4n) is 1.65. The highest BCUT2D eigenvalue weighted by atomic mass is 35.5. The van der Waals surface area contributed by atoms with Gasteiger partial charge >= 0.3 is 0 Å². The smallest absolute Gasteiger partial charge is 0.223 e. The molecule has 0 aromatic rings. The van der Waals surface area contributed by atoms with Crippen molar-refractivity contribution < 1.29 is 4.79 Å². The molecule has 2 nitrogen and oxygen atoms in total. The van der Waals surface area contributed by atoms with Crippen molar-refractivity contribution in [2.75, 3.05) is 12.4 Å². The van der Waals surface area contributed by atoms with Gasteiger partial charge in [-0.15, -0.1) is 11.6 Å². The molecular weight excluding hydrogens is 210 g/mol. The maximum atomic E-state index is 11.7. The lowest BCUT2D eigenvalue weighted by Crippen LogP contribution is -2.34. The van der Waals surface area contributed by atoms with Crippen molar-refractivity contribution in [3.05, 3.63) is 0 Å². The number of carbonyl (C=O) groups is 1. The van der Waals surface area contributed by atoms with Gasteiger partial charge in [0.1, 0.15) is 0 Å². The predicted octanol–water partition coefficient (Wildman–Crippen LogP) is 3.19. The second-order valence-corrected chi connectivity index (χ2v) is 4.39. The fourth-order valence-corrected chi connectivity index (χ4v) is 1.96. The minimum atomic E-state index is 0.179. The van der Waals surface area contributed by atoms with Crippen molar-refractivity contribution in [1.82, 2.24) is 5.32 Å².